The first-order chi connectivity index (χ1) is 22.7. The number of hydrogen-bond acceptors (Lipinski definition) is 10. The third-order valence-corrected chi connectivity index (χ3v) is 9.11. The predicted molar refractivity (Wildman–Crippen MR) is 215 cm³/mol. The summed E-state index contributed by atoms with van der Waals surface area (Å²) >= 11 is 18.5. The van der Waals surface area contributed by atoms with Gasteiger partial charge in [-0.05, 0) is 74.3 Å². The third kappa shape index (κ3) is 17.8. The molecule has 50 heavy (non-hydrogen) atoms. The number of hydrogen-bond donors (Lipinski definition) is 2. The van der Waals surface area contributed by atoms with E-state index in [-0.39, 0.29) is 39.6 Å². The highest BCUT2D eigenvalue weighted by Crippen LogP contribution is 2.33. The monoisotopic (exact) mass is 830 g/mol. The molecule has 0 saturated carbocycles. The molecule has 2 N–H and O–H groups in total. The van der Waals surface area contributed by atoms with Crippen LogP contribution in [0.4, 0.5) is 0 Å². The Labute approximate surface area is 324 Å². The van der Waals surface area contributed by atoms with Gasteiger partial charge in [0, 0.05) is 36.4 Å². The zero-order chi connectivity index (χ0) is 35.8. The molecule has 0 radical (unpaired) electrons. The van der Waals surface area contributed by atoms with Crippen LogP contribution in [0.25, 0.3) is 21.1 Å². The first kappa shape index (κ1) is 47.7. The average molecular weight is 833 g/mol. The van der Waals surface area contributed by atoms with Gasteiger partial charge in [0.25, 0.3) is 0 Å². The third-order valence-electron chi connectivity index (χ3n) is 6.13. The van der Waals surface area contributed by atoms with Crippen LogP contribution in [0.3, 0.4) is 0 Å². The number of carbonyl (C=O) groups excluding carboxylic acids is 2. The normalized spacial score (nSPS) is 10.2. The van der Waals surface area contributed by atoms with Crippen LogP contribution >= 0.6 is 61.8 Å². The van der Waals surface area contributed by atoms with Crippen LogP contribution in [0.1, 0.15) is 73.3 Å². The van der Waals surface area contributed by atoms with E-state index in [2.05, 4.69) is 39.7 Å². The fraction of sp³-hybridized carbons (Fsp3) is 0.444. The minimum atomic E-state index is -1.13. The summed E-state index contributed by atoms with van der Waals surface area (Å²) in [6, 6.07) is 11.4. The summed E-state index contributed by atoms with van der Waals surface area (Å²) in [7, 11) is -1.13. The first-order valence-electron chi connectivity index (χ1n) is 15.5. The van der Waals surface area contributed by atoms with E-state index >= 15 is 0 Å². The Hall–Kier alpha value is -2.32. The Kier molecular flexibility index (Phi) is 23.6. The van der Waals surface area contributed by atoms with Crippen LogP contribution in [-0.2, 0) is 38.3 Å². The van der Waals surface area contributed by atoms with E-state index in [1.807, 2.05) is 61.0 Å². The van der Waals surface area contributed by atoms with E-state index in [1.54, 1.807) is 25.2 Å². The van der Waals surface area contributed by atoms with E-state index in [1.165, 1.54) is 16.9 Å². The first-order valence-corrected chi connectivity index (χ1v) is 18.8. The van der Waals surface area contributed by atoms with Crippen molar-refractivity contribution < 1.29 is 29.1 Å². The van der Waals surface area contributed by atoms with E-state index in [0.29, 0.717) is 36.4 Å². The molecule has 0 saturated heterocycles. The molecule has 0 unspecified atom stereocenters. The number of halogens is 3. The van der Waals surface area contributed by atoms with Crippen molar-refractivity contribution in [1.29, 1.82) is 0 Å². The minimum Gasteiger partial charge on any atom is -0.466 e. The van der Waals surface area contributed by atoms with Crippen molar-refractivity contribution in [2.45, 2.75) is 82.0 Å². The fourth-order valence-electron chi connectivity index (χ4n) is 4.21. The number of thiazole rings is 2. The maximum absolute atomic E-state index is 11.5. The summed E-state index contributed by atoms with van der Waals surface area (Å²) < 4.78 is 10.7. The van der Waals surface area contributed by atoms with Crippen molar-refractivity contribution in [3.05, 3.63) is 78.6 Å². The van der Waals surface area contributed by atoms with Gasteiger partial charge in [0.05, 0.1) is 37.4 Å². The predicted octanol–water partition coefficient (Wildman–Crippen LogP) is 10.5. The van der Waals surface area contributed by atoms with Gasteiger partial charge in [-0.3, -0.25) is 9.59 Å². The van der Waals surface area contributed by atoms with Crippen molar-refractivity contribution in [1.82, 2.24) is 9.97 Å². The average Bonchev–Trinajstić information content (AvgIpc) is 3.63. The maximum Gasteiger partial charge on any atom is 0.451 e. The van der Waals surface area contributed by atoms with Crippen molar-refractivity contribution in [2.24, 2.45) is 11.8 Å². The van der Waals surface area contributed by atoms with Gasteiger partial charge in [0.2, 0.25) is 0 Å². The molecule has 0 aliphatic carbocycles. The lowest BCUT2D eigenvalue weighted by atomic mass is 9.80. The van der Waals surface area contributed by atoms with E-state index in [9.17, 15) is 9.59 Å². The van der Waals surface area contributed by atoms with Crippen LogP contribution < -0.4 is 0 Å². The van der Waals surface area contributed by atoms with Crippen molar-refractivity contribution >= 4 is 80.9 Å². The number of benzene rings is 2. The smallest absolute Gasteiger partial charge is 0.451 e. The number of carbonyl (C=O) groups is 2. The zero-order valence-electron chi connectivity index (χ0n) is 28.0. The van der Waals surface area contributed by atoms with Crippen LogP contribution in [0.5, 0.6) is 0 Å². The van der Waals surface area contributed by atoms with Crippen LogP contribution in [-0.4, -0.2) is 52.3 Å². The number of aromatic nitrogens is 2. The SMILES string of the molecule is C.C.CC(C)CB(O)O.CCOC(=O)Cc1csc(-c2ccc(Cl)cc2Br)n1.CCOC(=O)Cc1csc(-c2ccc(Cl)cc2CC(C)C)n1. The minimum absolute atomic E-state index is 0. The molecule has 2 heterocycles. The molecule has 0 spiro atoms. The van der Waals surface area contributed by atoms with Crippen LogP contribution in [0.15, 0.2) is 51.6 Å². The molecule has 4 rings (SSSR count). The molecular weight excluding hydrogens is 782 g/mol. The molecule has 8 nitrogen and oxygen atoms in total. The molecule has 0 fully saturated rings. The second-order valence-corrected chi connectivity index (χ2v) is 14.8. The van der Waals surface area contributed by atoms with Crippen LogP contribution in [0, 0.1) is 11.8 Å². The van der Waals surface area contributed by atoms with Crippen molar-refractivity contribution in [2.75, 3.05) is 13.2 Å². The summed E-state index contributed by atoms with van der Waals surface area (Å²) in [5.74, 6) is 0.420. The van der Waals surface area contributed by atoms with Gasteiger partial charge >= 0.3 is 19.1 Å². The summed E-state index contributed by atoms with van der Waals surface area (Å²) in [6.45, 7) is 12.6. The van der Waals surface area contributed by atoms with Gasteiger partial charge in [-0.2, -0.15) is 0 Å². The molecule has 14 heteroatoms. The largest absolute Gasteiger partial charge is 0.466 e. The molecule has 0 atom stereocenters. The lowest BCUT2D eigenvalue weighted by Gasteiger charge is -2.10. The number of esters is 2. The molecule has 0 aliphatic heterocycles. The Morgan fingerprint density at radius 1 is 0.800 bits per heavy atom. The summed E-state index contributed by atoms with van der Waals surface area (Å²) in [5, 5.41) is 23.5. The lowest BCUT2D eigenvalue weighted by Crippen LogP contribution is -2.12. The maximum atomic E-state index is 11.5. The number of rotatable bonds is 12. The summed E-state index contributed by atoms with van der Waals surface area (Å²) in [4.78, 5) is 31.9. The Balaban J connectivity index is 0.000000787. The second-order valence-electron chi connectivity index (χ2n) is 11.4. The Morgan fingerprint density at radius 3 is 1.66 bits per heavy atom. The van der Waals surface area contributed by atoms with E-state index < -0.39 is 7.12 Å². The highest BCUT2D eigenvalue weighted by Gasteiger charge is 2.14. The van der Waals surface area contributed by atoms with Gasteiger partial charge in [-0.25, -0.2) is 9.97 Å². The molecule has 0 bridgehead atoms. The second kappa shape index (κ2) is 24.8. The van der Waals surface area contributed by atoms with Gasteiger partial charge < -0.3 is 19.5 Å². The van der Waals surface area contributed by atoms with E-state index in [4.69, 9.17) is 42.7 Å². The van der Waals surface area contributed by atoms with Crippen molar-refractivity contribution in [3.63, 3.8) is 0 Å². The Bertz CT molecular complexity index is 1590. The standard InChI is InChI=1S/C17H20ClNO2S.C13H11BrClNO2S.C4H11BO2.2CH4/c1-4-21-16(20)9-14-10-22-17(19-14)15-6-5-13(18)8-12(15)7-11(2)3;1-2-18-12(17)6-9-7-19-13(16-9)10-4-3-8(15)5-11(10)14;1-4(2)3-5(6)7;;/h5-6,8,10-11H,4,7,9H2,1-3H3;3-5,7H,2,6H2,1H3;4,6-7H,3H2,1-2H3;2*1H4. The topological polar surface area (TPSA) is 119 Å². The van der Waals surface area contributed by atoms with Gasteiger partial charge in [-0.15, -0.1) is 22.7 Å². The molecule has 4 aromatic rings. The van der Waals surface area contributed by atoms with E-state index in [0.717, 1.165) is 48.4 Å². The van der Waals surface area contributed by atoms with Gasteiger partial charge in [0.1, 0.15) is 10.0 Å². The molecule has 0 amide bonds. The summed E-state index contributed by atoms with van der Waals surface area (Å²) in [6.07, 6.45) is 1.84. The lowest BCUT2D eigenvalue weighted by molar-refractivity contribution is -0.143. The fourth-order valence-corrected chi connectivity index (χ4v) is 7.14. The molecule has 0 aliphatic rings. The van der Waals surface area contributed by atoms with Gasteiger partial charge in [0.15, 0.2) is 0 Å². The molecular formula is C36H50BBrCl2N2O6S2. The highest BCUT2D eigenvalue weighted by molar-refractivity contribution is 9.10. The Morgan fingerprint density at radius 2 is 1.26 bits per heavy atom. The molecule has 276 valence electrons. The zero-order valence-corrected chi connectivity index (χ0v) is 32.7. The van der Waals surface area contributed by atoms with Crippen LogP contribution in [0.2, 0.25) is 16.4 Å². The molecule has 2 aromatic heterocycles. The number of nitrogens with zero attached hydrogens (tertiary/aromatic N) is 2. The number of ether oxygens (including phenoxy) is 2. The van der Waals surface area contributed by atoms with Crippen molar-refractivity contribution in [3.8, 4) is 21.1 Å². The van der Waals surface area contributed by atoms with Gasteiger partial charge in [-0.1, -0.05) is 87.7 Å². The quantitative estimate of drug-likeness (QED) is 0.107. The molecule has 2 aromatic carbocycles. The summed E-state index contributed by atoms with van der Waals surface area (Å²) in [5.41, 5.74) is 4.73. The highest BCUT2D eigenvalue weighted by atomic mass is 79.9.